The van der Waals surface area contributed by atoms with Crippen LogP contribution in [0.25, 0.3) is 0 Å². The molecule has 1 aliphatic rings. The van der Waals surface area contributed by atoms with E-state index in [-0.39, 0.29) is 17.9 Å². The molecule has 1 saturated carbocycles. The van der Waals surface area contributed by atoms with Gasteiger partial charge >= 0.3 is 0 Å². The molecule has 5 heteroatoms. The van der Waals surface area contributed by atoms with E-state index in [0.29, 0.717) is 5.82 Å². The molecular formula is C12H20N4O. The average molecular weight is 236 g/mol. The summed E-state index contributed by atoms with van der Waals surface area (Å²) in [6, 6.07) is -0.0896. The number of aromatic amines is 1. The summed E-state index contributed by atoms with van der Waals surface area (Å²) in [7, 11) is 0. The first kappa shape index (κ1) is 12.1. The molecule has 1 amide bonds. The van der Waals surface area contributed by atoms with Gasteiger partial charge in [-0.15, -0.1) is 0 Å². The molecule has 2 N–H and O–H groups in total. The van der Waals surface area contributed by atoms with Gasteiger partial charge < -0.3 is 5.32 Å². The summed E-state index contributed by atoms with van der Waals surface area (Å²) in [6.07, 6.45) is 8.39. The van der Waals surface area contributed by atoms with Gasteiger partial charge in [-0.2, -0.15) is 5.10 Å². The molecular weight excluding hydrogens is 216 g/mol. The zero-order valence-corrected chi connectivity index (χ0v) is 10.3. The largest absolute Gasteiger partial charge is 0.346 e. The molecule has 1 heterocycles. The summed E-state index contributed by atoms with van der Waals surface area (Å²) in [6.45, 7) is 1.93. The maximum Gasteiger partial charge on any atom is 0.223 e. The summed E-state index contributed by atoms with van der Waals surface area (Å²) in [5.41, 5.74) is 0. The second-order valence-electron chi connectivity index (χ2n) is 4.79. The van der Waals surface area contributed by atoms with E-state index < -0.39 is 0 Å². The van der Waals surface area contributed by atoms with Gasteiger partial charge in [0.25, 0.3) is 0 Å². The van der Waals surface area contributed by atoms with E-state index in [1.165, 1.54) is 32.0 Å². The Hall–Kier alpha value is -1.39. The maximum atomic E-state index is 12.1. The summed E-state index contributed by atoms with van der Waals surface area (Å²) in [4.78, 5) is 16.1. The number of nitrogens with zero attached hydrogens (tertiary/aromatic N) is 2. The van der Waals surface area contributed by atoms with Crippen LogP contribution in [-0.2, 0) is 4.79 Å². The van der Waals surface area contributed by atoms with E-state index in [4.69, 9.17) is 0 Å². The second kappa shape index (κ2) is 5.80. The van der Waals surface area contributed by atoms with E-state index in [0.717, 1.165) is 12.8 Å². The van der Waals surface area contributed by atoms with Gasteiger partial charge in [0.15, 0.2) is 0 Å². The first-order valence-corrected chi connectivity index (χ1v) is 6.43. The van der Waals surface area contributed by atoms with Crippen molar-refractivity contribution < 1.29 is 4.79 Å². The highest BCUT2D eigenvalue weighted by molar-refractivity contribution is 5.78. The quantitative estimate of drug-likeness (QED) is 0.788. The first-order valence-electron chi connectivity index (χ1n) is 6.43. The number of hydrogen-bond acceptors (Lipinski definition) is 3. The number of carbonyl (C=O) groups excluding carboxylic acids is 1. The van der Waals surface area contributed by atoms with Crippen LogP contribution < -0.4 is 5.32 Å². The molecule has 5 nitrogen and oxygen atoms in total. The van der Waals surface area contributed by atoms with Crippen LogP contribution in [0.3, 0.4) is 0 Å². The van der Waals surface area contributed by atoms with Gasteiger partial charge in [0.2, 0.25) is 5.91 Å². The molecule has 0 aliphatic heterocycles. The number of rotatable bonds is 3. The molecule has 0 aromatic carbocycles. The average Bonchev–Trinajstić information content (AvgIpc) is 2.71. The van der Waals surface area contributed by atoms with Crippen molar-refractivity contribution in [3.8, 4) is 0 Å². The van der Waals surface area contributed by atoms with Crippen LogP contribution in [0.2, 0.25) is 0 Å². The molecule has 2 rings (SSSR count). The lowest BCUT2D eigenvalue weighted by atomic mass is 9.99. The molecule has 1 aromatic heterocycles. The Kier molecular flexibility index (Phi) is 4.12. The topological polar surface area (TPSA) is 70.7 Å². The molecule has 0 spiro atoms. The van der Waals surface area contributed by atoms with Crippen molar-refractivity contribution in [3.63, 3.8) is 0 Å². The van der Waals surface area contributed by atoms with Crippen LogP contribution in [0.15, 0.2) is 6.33 Å². The number of H-pyrrole nitrogens is 1. The third-order valence-electron chi connectivity index (χ3n) is 3.43. The third kappa shape index (κ3) is 3.28. The van der Waals surface area contributed by atoms with Gasteiger partial charge in [-0.25, -0.2) is 4.98 Å². The Morgan fingerprint density at radius 3 is 2.71 bits per heavy atom. The highest BCUT2D eigenvalue weighted by atomic mass is 16.1. The second-order valence-corrected chi connectivity index (χ2v) is 4.79. The summed E-state index contributed by atoms with van der Waals surface area (Å²) in [5.74, 6) is 1.06. The van der Waals surface area contributed by atoms with Crippen molar-refractivity contribution in [2.75, 3.05) is 0 Å². The lowest BCUT2D eigenvalue weighted by Gasteiger charge is -2.17. The Labute approximate surface area is 101 Å². The van der Waals surface area contributed by atoms with Gasteiger partial charge in [-0.05, 0) is 19.8 Å². The summed E-state index contributed by atoms with van der Waals surface area (Å²) < 4.78 is 0. The fraction of sp³-hybridized carbons (Fsp3) is 0.750. The smallest absolute Gasteiger partial charge is 0.223 e. The van der Waals surface area contributed by atoms with Crippen LogP contribution in [0.5, 0.6) is 0 Å². The Bertz CT molecular complexity index is 341. The fourth-order valence-electron chi connectivity index (χ4n) is 2.36. The summed E-state index contributed by atoms with van der Waals surface area (Å²) >= 11 is 0. The van der Waals surface area contributed by atoms with Crippen molar-refractivity contribution in [2.24, 2.45) is 5.92 Å². The number of carbonyl (C=O) groups is 1. The Morgan fingerprint density at radius 2 is 2.12 bits per heavy atom. The normalized spacial score (nSPS) is 19.6. The molecule has 1 atom stereocenters. The predicted molar refractivity (Wildman–Crippen MR) is 64.1 cm³/mol. The zero-order chi connectivity index (χ0) is 12.1. The molecule has 94 valence electrons. The van der Waals surface area contributed by atoms with Crippen LogP contribution in [-0.4, -0.2) is 21.1 Å². The molecule has 1 unspecified atom stereocenters. The number of nitrogens with one attached hydrogen (secondary N) is 2. The van der Waals surface area contributed by atoms with E-state index in [2.05, 4.69) is 20.5 Å². The van der Waals surface area contributed by atoms with Crippen molar-refractivity contribution in [2.45, 2.75) is 51.5 Å². The summed E-state index contributed by atoms with van der Waals surface area (Å²) in [5, 5.41) is 9.58. The minimum atomic E-state index is -0.0896. The molecule has 0 radical (unpaired) electrons. The zero-order valence-electron chi connectivity index (χ0n) is 10.3. The molecule has 0 saturated heterocycles. The van der Waals surface area contributed by atoms with E-state index >= 15 is 0 Å². The minimum Gasteiger partial charge on any atom is -0.346 e. The SMILES string of the molecule is CC(NC(=O)C1CCCCCC1)c1ncn[nH]1. The molecule has 0 bridgehead atoms. The van der Waals surface area contributed by atoms with Gasteiger partial charge in [-0.1, -0.05) is 25.7 Å². The van der Waals surface area contributed by atoms with Gasteiger partial charge in [-0.3, -0.25) is 9.89 Å². The van der Waals surface area contributed by atoms with Crippen molar-refractivity contribution in [3.05, 3.63) is 12.2 Å². The molecule has 17 heavy (non-hydrogen) atoms. The highest BCUT2D eigenvalue weighted by Gasteiger charge is 2.22. The lowest BCUT2D eigenvalue weighted by molar-refractivity contribution is -0.126. The van der Waals surface area contributed by atoms with Gasteiger partial charge in [0, 0.05) is 5.92 Å². The van der Waals surface area contributed by atoms with Crippen LogP contribution in [0.4, 0.5) is 0 Å². The van der Waals surface area contributed by atoms with Gasteiger partial charge in [0.05, 0.1) is 6.04 Å². The standard InChI is InChI=1S/C12H20N4O/c1-9(11-13-8-14-16-11)15-12(17)10-6-4-2-3-5-7-10/h8-10H,2-7H2,1H3,(H,15,17)(H,13,14,16). The Morgan fingerprint density at radius 1 is 1.41 bits per heavy atom. The van der Waals surface area contributed by atoms with Crippen LogP contribution in [0, 0.1) is 5.92 Å². The monoisotopic (exact) mass is 236 g/mol. The van der Waals surface area contributed by atoms with Crippen molar-refractivity contribution in [1.82, 2.24) is 20.5 Å². The number of aromatic nitrogens is 3. The fourth-order valence-corrected chi connectivity index (χ4v) is 2.36. The first-order chi connectivity index (χ1) is 8.27. The minimum absolute atomic E-state index is 0.0896. The highest BCUT2D eigenvalue weighted by Crippen LogP contribution is 2.23. The molecule has 1 fully saturated rings. The van der Waals surface area contributed by atoms with E-state index in [1.807, 2.05) is 6.92 Å². The number of amides is 1. The van der Waals surface area contributed by atoms with Crippen molar-refractivity contribution in [1.29, 1.82) is 0 Å². The van der Waals surface area contributed by atoms with E-state index in [1.54, 1.807) is 0 Å². The Balaban J connectivity index is 1.87. The van der Waals surface area contributed by atoms with Crippen molar-refractivity contribution >= 4 is 5.91 Å². The van der Waals surface area contributed by atoms with Crippen LogP contribution >= 0.6 is 0 Å². The van der Waals surface area contributed by atoms with E-state index in [9.17, 15) is 4.79 Å². The third-order valence-corrected chi connectivity index (χ3v) is 3.43. The lowest BCUT2D eigenvalue weighted by Crippen LogP contribution is -2.33. The number of hydrogen-bond donors (Lipinski definition) is 2. The van der Waals surface area contributed by atoms with Gasteiger partial charge in [0.1, 0.15) is 12.2 Å². The van der Waals surface area contributed by atoms with Crippen LogP contribution in [0.1, 0.15) is 57.3 Å². The molecule has 1 aromatic rings. The maximum absolute atomic E-state index is 12.1. The molecule has 1 aliphatic carbocycles. The predicted octanol–water partition coefficient (Wildman–Crippen LogP) is 1.95.